The number of rotatable bonds is 4. The van der Waals surface area contributed by atoms with Crippen LogP contribution in [-0.2, 0) is 25.7 Å². The first-order valence-electron chi connectivity index (χ1n) is 5.49. The third kappa shape index (κ3) is 4.49. The molecule has 0 aromatic heterocycles. The fraction of sp³-hybridized carbons (Fsp3) is 0.385. The van der Waals surface area contributed by atoms with Gasteiger partial charge < -0.3 is 9.47 Å². The first kappa shape index (κ1) is 14.7. The molecule has 1 rings (SSSR count). The summed E-state index contributed by atoms with van der Waals surface area (Å²) in [6.07, 6.45) is -0.384. The summed E-state index contributed by atoms with van der Waals surface area (Å²) in [5.74, 6) is -0.690. The van der Waals surface area contributed by atoms with E-state index in [2.05, 4.69) is 15.9 Å². The zero-order valence-electron chi connectivity index (χ0n) is 10.5. The van der Waals surface area contributed by atoms with Gasteiger partial charge in [0.2, 0.25) is 0 Å². The highest BCUT2D eigenvalue weighted by Crippen LogP contribution is 2.25. The van der Waals surface area contributed by atoms with Gasteiger partial charge in [0.05, 0.1) is 0 Å². The van der Waals surface area contributed by atoms with Gasteiger partial charge in [0.25, 0.3) is 0 Å². The molecule has 0 bridgehead atoms. The van der Waals surface area contributed by atoms with E-state index in [9.17, 15) is 9.59 Å². The lowest BCUT2D eigenvalue weighted by Gasteiger charge is -2.16. The molecule has 98 valence electrons. The summed E-state index contributed by atoms with van der Waals surface area (Å²) in [5.41, 5.74) is 1.64. The highest BCUT2D eigenvalue weighted by molar-refractivity contribution is 9.10. The molecule has 4 nitrogen and oxygen atoms in total. The largest absolute Gasteiger partial charge is 0.461 e. The lowest BCUT2D eigenvalue weighted by molar-refractivity contribution is -0.146. The number of hydrogen-bond acceptors (Lipinski definition) is 4. The van der Waals surface area contributed by atoms with Crippen molar-refractivity contribution in [2.45, 2.75) is 33.5 Å². The quantitative estimate of drug-likeness (QED) is 0.801. The van der Waals surface area contributed by atoms with Crippen LogP contribution in [0.2, 0.25) is 0 Å². The van der Waals surface area contributed by atoms with Crippen molar-refractivity contribution < 1.29 is 19.1 Å². The summed E-state index contributed by atoms with van der Waals surface area (Å²) in [7, 11) is 0. The second kappa shape index (κ2) is 6.54. The lowest BCUT2D eigenvalue weighted by atomic mass is 10.0. The maximum atomic E-state index is 11.0. The summed E-state index contributed by atoms with van der Waals surface area (Å²) in [4.78, 5) is 21.8. The number of esters is 2. The normalized spacial score (nSPS) is 11.8. The Labute approximate surface area is 114 Å². The zero-order chi connectivity index (χ0) is 13.7. The standard InChI is InChI=1S/C13H15BrO4/c1-8(18-10(3)16)13-6-12(14)5-4-11(13)7-17-9(2)15/h4-6,8H,7H2,1-3H3. The summed E-state index contributed by atoms with van der Waals surface area (Å²) < 4.78 is 11.0. The summed E-state index contributed by atoms with van der Waals surface area (Å²) in [6, 6.07) is 5.54. The average molecular weight is 315 g/mol. The van der Waals surface area contributed by atoms with Gasteiger partial charge in [-0.15, -0.1) is 0 Å². The molecule has 0 aliphatic rings. The molecule has 0 saturated carbocycles. The van der Waals surface area contributed by atoms with Gasteiger partial charge in [0.15, 0.2) is 0 Å². The Morgan fingerprint density at radius 1 is 1.28 bits per heavy atom. The predicted octanol–water partition coefficient (Wildman–Crippen LogP) is 3.14. The minimum Gasteiger partial charge on any atom is -0.461 e. The van der Waals surface area contributed by atoms with Crippen LogP contribution in [0.15, 0.2) is 22.7 Å². The van der Waals surface area contributed by atoms with E-state index >= 15 is 0 Å². The molecule has 1 atom stereocenters. The first-order valence-corrected chi connectivity index (χ1v) is 6.28. The fourth-order valence-corrected chi connectivity index (χ4v) is 1.95. The van der Waals surface area contributed by atoms with Crippen molar-refractivity contribution in [2.24, 2.45) is 0 Å². The second-order valence-electron chi connectivity index (χ2n) is 3.88. The molecule has 0 fully saturated rings. The number of carbonyl (C=O) groups is 2. The van der Waals surface area contributed by atoms with Crippen molar-refractivity contribution in [1.29, 1.82) is 0 Å². The minimum absolute atomic E-state index is 0.170. The first-order chi connectivity index (χ1) is 8.40. The minimum atomic E-state index is -0.384. The van der Waals surface area contributed by atoms with Crippen molar-refractivity contribution in [1.82, 2.24) is 0 Å². The maximum absolute atomic E-state index is 11.0. The fourth-order valence-electron chi connectivity index (χ4n) is 1.57. The van der Waals surface area contributed by atoms with Gasteiger partial charge >= 0.3 is 11.9 Å². The summed E-state index contributed by atoms with van der Waals surface area (Å²) in [5, 5.41) is 0. The van der Waals surface area contributed by atoms with Crippen molar-refractivity contribution in [3.63, 3.8) is 0 Å². The Hall–Kier alpha value is -1.36. The SMILES string of the molecule is CC(=O)OCc1ccc(Br)cc1C(C)OC(C)=O. The van der Waals surface area contributed by atoms with E-state index in [1.807, 2.05) is 18.2 Å². The second-order valence-corrected chi connectivity index (χ2v) is 4.79. The number of carbonyl (C=O) groups excluding carboxylic acids is 2. The van der Waals surface area contributed by atoms with Crippen molar-refractivity contribution in [3.8, 4) is 0 Å². The third-order valence-corrected chi connectivity index (χ3v) is 2.81. The molecule has 0 radical (unpaired) electrons. The summed E-state index contributed by atoms with van der Waals surface area (Å²) >= 11 is 3.36. The van der Waals surface area contributed by atoms with Crippen molar-refractivity contribution in [2.75, 3.05) is 0 Å². The molecule has 0 heterocycles. The van der Waals surface area contributed by atoms with E-state index in [1.165, 1.54) is 13.8 Å². The Morgan fingerprint density at radius 3 is 2.50 bits per heavy atom. The zero-order valence-corrected chi connectivity index (χ0v) is 12.1. The Kier molecular flexibility index (Phi) is 5.34. The van der Waals surface area contributed by atoms with E-state index in [-0.39, 0.29) is 24.6 Å². The van der Waals surface area contributed by atoms with Crippen LogP contribution in [0.5, 0.6) is 0 Å². The molecule has 0 aliphatic heterocycles. The van der Waals surface area contributed by atoms with Crippen LogP contribution in [0.1, 0.15) is 38.0 Å². The van der Waals surface area contributed by atoms with E-state index in [0.29, 0.717) is 0 Å². The van der Waals surface area contributed by atoms with E-state index in [0.717, 1.165) is 15.6 Å². The van der Waals surface area contributed by atoms with Gasteiger partial charge in [-0.05, 0) is 30.2 Å². The smallest absolute Gasteiger partial charge is 0.303 e. The molecule has 18 heavy (non-hydrogen) atoms. The van der Waals surface area contributed by atoms with Crippen LogP contribution in [0.4, 0.5) is 0 Å². The molecule has 1 unspecified atom stereocenters. The van der Waals surface area contributed by atoms with Gasteiger partial charge in [0, 0.05) is 18.3 Å². The lowest BCUT2D eigenvalue weighted by Crippen LogP contribution is -2.09. The van der Waals surface area contributed by atoms with E-state index in [4.69, 9.17) is 9.47 Å². The molecule has 0 aliphatic carbocycles. The maximum Gasteiger partial charge on any atom is 0.303 e. The van der Waals surface area contributed by atoms with Gasteiger partial charge in [-0.2, -0.15) is 0 Å². The molecule has 0 saturated heterocycles. The van der Waals surface area contributed by atoms with Gasteiger partial charge in [-0.1, -0.05) is 22.0 Å². The number of halogens is 1. The van der Waals surface area contributed by atoms with Crippen LogP contribution in [0.3, 0.4) is 0 Å². The molecular formula is C13H15BrO4. The van der Waals surface area contributed by atoms with Gasteiger partial charge in [0.1, 0.15) is 12.7 Å². The third-order valence-electron chi connectivity index (χ3n) is 2.32. The highest BCUT2D eigenvalue weighted by Gasteiger charge is 2.14. The number of ether oxygens (including phenoxy) is 2. The highest BCUT2D eigenvalue weighted by atomic mass is 79.9. The molecule has 0 N–H and O–H groups in total. The number of benzene rings is 1. The van der Waals surface area contributed by atoms with Crippen molar-refractivity contribution >= 4 is 27.9 Å². The molecular weight excluding hydrogens is 300 g/mol. The van der Waals surface area contributed by atoms with E-state index < -0.39 is 0 Å². The molecule has 1 aromatic carbocycles. The molecule has 1 aromatic rings. The van der Waals surface area contributed by atoms with Gasteiger partial charge in [-0.3, -0.25) is 9.59 Å². The Morgan fingerprint density at radius 2 is 1.94 bits per heavy atom. The monoisotopic (exact) mass is 314 g/mol. The average Bonchev–Trinajstić information content (AvgIpc) is 2.26. The van der Waals surface area contributed by atoms with E-state index in [1.54, 1.807) is 6.92 Å². The topological polar surface area (TPSA) is 52.6 Å². The Balaban J connectivity index is 2.95. The van der Waals surface area contributed by atoms with Crippen LogP contribution in [0, 0.1) is 0 Å². The molecule has 0 amide bonds. The van der Waals surface area contributed by atoms with Crippen LogP contribution in [0.25, 0.3) is 0 Å². The predicted molar refractivity (Wildman–Crippen MR) is 69.8 cm³/mol. The van der Waals surface area contributed by atoms with Crippen LogP contribution in [-0.4, -0.2) is 11.9 Å². The Bertz CT molecular complexity index is 456. The summed E-state index contributed by atoms with van der Waals surface area (Å²) in [6.45, 7) is 4.66. The van der Waals surface area contributed by atoms with Gasteiger partial charge in [-0.25, -0.2) is 0 Å². The van der Waals surface area contributed by atoms with Crippen LogP contribution < -0.4 is 0 Å². The molecule has 0 spiro atoms. The van der Waals surface area contributed by atoms with Crippen molar-refractivity contribution in [3.05, 3.63) is 33.8 Å². The number of hydrogen-bond donors (Lipinski definition) is 0. The van der Waals surface area contributed by atoms with Crippen LogP contribution >= 0.6 is 15.9 Å². The molecule has 5 heteroatoms.